The molecule has 1 N–H and O–H groups in total. The topological polar surface area (TPSA) is 88.2 Å². The Morgan fingerprint density at radius 1 is 0.923 bits per heavy atom. The van der Waals surface area contributed by atoms with Crippen molar-refractivity contribution in [1.82, 2.24) is 9.80 Å². The standard InChI is InChI=1S/C28H26N2O5.C3H9N/c1-19(32)29-25-9-6-22(7-10-25)27(33)30-14-12-28(13-15-30)34-18-24-16-23(8-11-26(24)35-28)21-4-2-20(17-31)3-5-21;1-4(2)3/h2-11,16-17H,12-15,18H2,1H3,(H,29,32);1-3H3. The number of hydrogen-bond donors (Lipinski definition) is 1. The van der Waals surface area contributed by atoms with Crippen LogP contribution in [0.25, 0.3) is 11.1 Å². The molecule has 0 radical (unpaired) electrons. The lowest BCUT2D eigenvalue weighted by molar-refractivity contribution is -0.225. The second kappa shape index (κ2) is 12.2. The summed E-state index contributed by atoms with van der Waals surface area (Å²) in [6.45, 7) is 2.95. The molecule has 8 nitrogen and oxygen atoms in total. The van der Waals surface area contributed by atoms with Gasteiger partial charge >= 0.3 is 0 Å². The van der Waals surface area contributed by atoms with E-state index in [1.807, 2.05) is 55.2 Å². The molecule has 2 heterocycles. The molecule has 0 bridgehead atoms. The number of amides is 2. The van der Waals surface area contributed by atoms with Gasteiger partial charge in [0.1, 0.15) is 12.0 Å². The maximum Gasteiger partial charge on any atom is 0.253 e. The maximum atomic E-state index is 13.0. The van der Waals surface area contributed by atoms with Crippen molar-refractivity contribution in [3.05, 3.63) is 83.4 Å². The van der Waals surface area contributed by atoms with Gasteiger partial charge in [-0.1, -0.05) is 30.3 Å². The normalized spacial score (nSPS) is 15.5. The van der Waals surface area contributed by atoms with E-state index in [0.717, 1.165) is 28.7 Å². The van der Waals surface area contributed by atoms with Crippen molar-refractivity contribution < 1.29 is 23.9 Å². The molecule has 2 aliphatic rings. The smallest absolute Gasteiger partial charge is 0.253 e. The SMILES string of the molecule is CC(=O)Nc1ccc(C(=O)N2CCC3(CC2)OCc2cc(-c4ccc(C=O)cc4)ccc2O3)cc1.CN(C)C. The number of piperidine rings is 1. The zero-order valence-corrected chi connectivity index (χ0v) is 22.9. The van der Waals surface area contributed by atoms with Crippen LogP contribution in [0.5, 0.6) is 5.75 Å². The minimum Gasteiger partial charge on any atom is -0.462 e. The largest absolute Gasteiger partial charge is 0.462 e. The number of nitrogens with zero attached hydrogens (tertiary/aromatic N) is 2. The van der Waals surface area contributed by atoms with E-state index in [4.69, 9.17) is 9.47 Å². The molecule has 3 aromatic rings. The molecule has 0 aromatic heterocycles. The number of likely N-dealkylation sites (tertiary alicyclic amines) is 1. The van der Waals surface area contributed by atoms with E-state index in [0.29, 0.717) is 49.4 Å². The summed E-state index contributed by atoms with van der Waals surface area (Å²) in [5, 5.41) is 2.71. The number of ether oxygens (including phenoxy) is 2. The summed E-state index contributed by atoms with van der Waals surface area (Å²) in [7, 11) is 6.00. The van der Waals surface area contributed by atoms with Gasteiger partial charge in [0.2, 0.25) is 11.7 Å². The molecule has 1 spiro atoms. The predicted octanol–water partition coefficient (Wildman–Crippen LogP) is 4.84. The Kier molecular flexibility index (Phi) is 8.79. The van der Waals surface area contributed by atoms with Crippen molar-refractivity contribution in [2.75, 3.05) is 39.5 Å². The summed E-state index contributed by atoms with van der Waals surface area (Å²) >= 11 is 0. The number of nitrogens with one attached hydrogen (secondary N) is 1. The van der Waals surface area contributed by atoms with Gasteiger partial charge < -0.3 is 24.6 Å². The van der Waals surface area contributed by atoms with Crippen LogP contribution in [0.1, 0.15) is 46.0 Å². The Morgan fingerprint density at radius 2 is 1.54 bits per heavy atom. The lowest BCUT2D eigenvalue weighted by atomic mass is 9.98. The summed E-state index contributed by atoms with van der Waals surface area (Å²) in [5.74, 6) is -0.121. The minimum absolute atomic E-state index is 0.0457. The van der Waals surface area contributed by atoms with Gasteiger partial charge in [-0.25, -0.2) is 0 Å². The first-order valence-electron chi connectivity index (χ1n) is 13.0. The number of rotatable bonds is 4. The van der Waals surface area contributed by atoms with Crippen molar-refractivity contribution in [1.29, 1.82) is 0 Å². The van der Waals surface area contributed by atoms with Crippen LogP contribution in [-0.4, -0.2) is 67.9 Å². The summed E-state index contributed by atoms with van der Waals surface area (Å²) < 4.78 is 12.5. The Bertz CT molecular complexity index is 1310. The molecular formula is C31H35N3O5. The monoisotopic (exact) mass is 529 g/mol. The van der Waals surface area contributed by atoms with Gasteiger partial charge in [0.15, 0.2) is 0 Å². The molecule has 0 unspecified atom stereocenters. The van der Waals surface area contributed by atoms with E-state index >= 15 is 0 Å². The maximum absolute atomic E-state index is 13.0. The Balaban J connectivity index is 0.000000826. The Hall–Kier alpha value is -4.01. The molecule has 0 saturated carbocycles. The molecule has 8 heteroatoms. The van der Waals surface area contributed by atoms with Gasteiger partial charge in [-0.2, -0.15) is 0 Å². The minimum atomic E-state index is -0.730. The molecule has 1 saturated heterocycles. The third-order valence-electron chi connectivity index (χ3n) is 6.49. The second-order valence-corrected chi connectivity index (χ2v) is 10.3. The van der Waals surface area contributed by atoms with E-state index in [1.54, 1.807) is 36.4 Å². The third kappa shape index (κ3) is 7.10. The molecule has 204 valence electrons. The molecule has 39 heavy (non-hydrogen) atoms. The fourth-order valence-corrected chi connectivity index (χ4v) is 4.54. The third-order valence-corrected chi connectivity index (χ3v) is 6.49. The number of benzene rings is 3. The highest BCUT2D eigenvalue weighted by atomic mass is 16.7. The summed E-state index contributed by atoms with van der Waals surface area (Å²) in [4.78, 5) is 38.9. The average Bonchev–Trinajstić information content (AvgIpc) is 2.93. The van der Waals surface area contributed by atoms with E-state index in [-0.39, 0.29) is 11.8 Å². The summed E-state index contributed by atoms with van der Waals surface area (Å²) in [6.07, 6.45) is 1.99. The van der Waals surface area contributed by atoms with Crippen LogP contribution in [0, 0.1) is 0 Å². The second-order valence-electron chi connectivity index (χ2n) is 10.3. The lowest BCUT2D eigenvalue weighted by Gasteiger charge is -2.44. The Labute approximate surface area is 229 Å². The molecule has 1 fully saturated rings. The van der Waals surface area contributed by atoms with E-state index in [9.17, 15) is 14.4 Å². The van der Waals surface area contributed by atoms with Crippen molar-refractivity contribution in [2.45, 2.75) is 32.2 Å². The summed E-state index contributed by atoms with van der Waals surface area (Å²) in [6, 6.07) is 20.4. The number of anilines is 1. The molecule has 2 amide bonds. The number of fused-ring (bicyclic) bond motifs is 1. The predicted molar refractivity (Wildman–Crippen MR) is 151 cm³/mol. The van der Waals surface area contributed by atoms with Crippen LogP contribution in [0.3, 0.4) is 0 Å². The zero-order valence-electron chi connectivity index (χ0n) is 22.9. The Morgan fingerprint density at radius 3 is 2.13 bits per heavy atom. The van der Waals surface area contributed by atoms with Gasteiger partial charge in [-0.15, -0.1) is 0 Å². The molecular weight excluding hydrogens is 494 g/mol. The number of carbonyl (C=O) groups is 3. The van der Waals surface area contributed by atoms with Gasteiger partial charge in [0.05, 0.1) is 6.61 Å². The number of aldehydes is 1. The van der Waals surface area contributed by atoms with Crippen molar-refractivity contribution >= 4 is 23.8 Å². The van der Waals surface area contributed by atoms with Gasteiger partial charge in [0, 0.05) is 55.2 Å². The van der Waals surface area contributed by atoms with E-state index < -0.39 is 5.79 Å². The molecule has 3 aromatic carbocycles. The van der Waals surface area contributed by atoms with Crippen LogP contribution in [0.15, 0.2) is 66.7 Å². The fourth-order valence-electron chi connectivity index (χ4n) is 4.54. The number of carbonyl (C=O) groups excluding carboxylic acids is 3. The van der Waals surface area contributed by atoms with Crippen LogP contribution >= 0.6 is 0 Å². The van der Waals surface area contributed by atoms with E-state index in [1.165, 1.54) is 6.92 Å². The van der Waals surface area contributed by atoms with E-state index in [2.05, 4.69) is 11.4 Å². The number of hydrogen-bond acceptors (Lipinski definition) is 6. The highest BCUT2D eigenvalue weighted by Crippen LogP contribution is 2.39. The molecule has 0 atom stereocenters. The quantitative estimate of drug-likeness (QED) is 0.487. The fraction of sp³-hybridized carbons (Fsp3) is 0.323. The van der Waals surface area contributed by atoms with Crippen LogP contribution < -0.4 is 10.1 Å². The first-order chi connectivity index (χ1) is 18.7. The highest BCUT2D eigenvalue weighted by Gasteiger charge is 2.42. The van der Waals surface area contributed by atoms with Crippen molar-refractivity contribution in [2.24, 2.45) is 0 Å². The molecule has 2 aliphatic heterocycles. The van der Waals surface area contributed by atoms with Gasteiger partial charge in [-0.05, 0) is 68.7 Å². The lowest BCUT2D eigenvalue weighted by Crippen LogP contribution is -2.52. The zero-order chi connectivity index (χ0) is 28.0. The van der Waals surface area contributed by atoms with Crippen molar-refractivity contribution in [3.8, 4) is 16.9 Å². The average molecular weight is 530 g/mol. The van der Waals surface area contributed by atoms with Crippen LogP contribution in [0.2, 0.25) is 0 Å². The first-order valence-corrected chi connectivity index (χ1v) is 13.0. The van der Waals surface area contributed by atoms with Crippen molar-refractivity contribution in [3.63, 3.8) is 0 Å². The molecule has 5 rings (SSSR count). The highest BCUT2D eigenvalue weighted by molar-refractivity contribution is 5.95. The van der Waals surface area contributed by atoms with Crippen LogP contribution in [-0.2, 0) is 16.1 Å². The van der Waals surface area contributed by atoms with Crippen LogP contribution in [0.4, 0.5) is 5.69 Å². The van der Waals surface area contributed by atoms with Gasteiger partial charge in [-0.3, -0.25) is 14.4 Å². The molecule has 0 aliphatic carbocycles. The van der Waals surface area contributed by atoms with Gasteiger partial charge in [0.25, 0.3) is 5.91 Å². The summed E-state index contributed by atoms with van der Waals surface area (Å²) in [5.41, 5.74) is 4.93. The first kappa shape index (κ1) is 28.0.